The van der Waals surface area contributed by atoms with Crippen LogP contribution >= 0.6 is 23.2 Å². The van der Waals surface area contributed by atoms with Gasteiger partial charge in [-0.3, -0.25) is 0 Å². The third-order valence-electron chi connectivity index (χ3n) is 1.79. The smallest absolute Gasteiger partial charge is 0.144 e. The third-order valence-corrected chi connectivity index (χ3v) is 3.97. The van der Waals surface area contributed by atoms with Gasteiger partial charge < -0.3 is 4.55 Å². The van der Waals surface area contributed by atoms with Crippen LogP contribution in [0.1, 0.15) is 26.3 Å². The summed E-state index contributed by atoms with van der Waals surface area (Å²) in [5.41, 5.74) is 0.673. The molecular formula is C11H13Cl2NOS. The summed E-state index contributed by atoms with van der Waals surface area (Å²) in [5.74, 6) is 0. The van der Waals surface area contributed by atoms with Crippen LogP contribution in [0.25, 0.3) is 0 Å². The van der Waals surface area contributed by atoms with Crippen molar-refractivity contribution >= 4 is 40.8 Å². The van der Waals surface area contributed by atoms with Gasteiger partial charge in [0.05, 0.1) is 16.3 Å². The maximum absolute atomic E-state index is 11.7. The number of nitrogens with zero attached hydrogens (tertiary/aromatic N) is 1. The lowest BCUT2D eigenvalue weighted by molar-refractivity contribution is 0.562. The van der Waals surface area contributed by atoms with Crippen LogP contribution in [0.15, 0.2) is 22.6 Å². The molecular weight excluding hydrogens is 265 g/mol. The molecule has 5 heteroatoms. The van der Waals surface area contributed by atoms with E-state index in [-0.39, 0.29) is 4.75 Å². The summed E-state index contributed by atoms with van der Waals surface area (Å²) >= 11 is 10.5. The van der Waals surface area contributed by atoms with E-state index in [4.69, 9.17) is 23.2 Å². The molecule has 1 unspecified atom stereocenters. The highest BCUT2D eigenvalue weighted by Gasteiger charge is 2.25. The molecule has 0 bridgehead atoms. The molecule has 0 aliphatic rings. The molecule has 16 heavy (non-hydrogen) atoms. The van der Waals surface area contributed by atoms with Crippen molar-refractivity contribution < 1.29 is 4.55 Å². The maximum atomic E-state index is 11.7. The molecule has 0 heterocycles. The van der Waals surface area contributed by atoms with Crippen LogP contribution in [0.4, 0.5) is 0 Å². The Balaban J connectivity index is 2.89. The lowest BCUT2D eigenvalue weighted by Gasteiger charge is -2.17. The molecule has 0 aliphatic heterocycles. The summed E-state index contributed by atoms with van der Waals surface area (Å²) < 4.78 is 15.3. The molecule has 0 aliphatic carbocycles. The lowest BCUT2D eigenvalue weighted by atomic mass is 10.2. The Morgan fingerprint density at radius 1 is 1.31 bits per heavy atom. The van der Waals surface area contributed by atoms with Gasteiger partial charge in [0.1, 0.15) is 16.1 Å². The predicted octanol–water partition coefficient (Wildman–Crippen LogP) is 3.87. The molecule has 88 valence electrons. The van der Waals surface area contributed by atoms with Crippen molar-refractivity contribution in [3.63, 3.8) is 0 Å². The monoisotopic (exact) mass is 277 g/mol. The fourth-order valence-corrected chi connectivity index (χ4v) is 1.77. The molecule has 1 atom stereocenters. The number of hydrogen-bond acceptors (Lipinski definition) is 2. The Kier molecular flexibility index (Phi) is 4.68. The zero-order valence-corrected chi connectivity index (χ0v) is 11.7. The quantitative estimate of drug-likeness (QED) is 0.597. The summed E-state index contributed by atoms with van der Waals surface area (Å²) in [4.78, 5) is 0. The van der Waals surface area contributed by atoms with E-state index in [1.165, 1.54) is 6.21 Å². The van der Waals surface area contributed by atoms with Gasteiger partial charge >= 0.3 is 0 Å². The van der Waals surface area contributed by atoms with Gasteiger partial charge in [0.2, 0.25) is 0 Å². The Labute approximate surface area is 109 Å². The molecule has 0 spiro atoms. The van der Waals surface area contributed by atoms with Crippen LogP contribution in [0.2, 0.25) is 10.0 Å². The fraction of sp³-hybridized carbons (Fsp3) is 0.364. The molecule has 0 fully saturated rings. The minimum Gasteiger partial charge on any atom is -0.591 e. The van der Waals surface area contributed by atoms with Crippen molar-refractivity contribution in [2.45, 2.75) is 25.5 Å². The van der Waals surface area contributed by atoms with E-state index in [1.807, 2.05) is 20.8 Å². The molecule has 0 radical (unpaired) electrons. The second-order valence-electron chi connectivity index (χ2n) is 4.24. The summed E-state index contributed by atoms with van der Waals surface area (Å²) in [5, 5.41) is 0.894. The average Bonchev–Trinajstić information content (AvgIpc) is 2.18. The maximum Gasteiger partial charge on any atom is 0.144 e. The first-order valence-electron chi connectivity index (χ1n) is 4.72. The molecule has 1 aromatic rings. The van der Waals surface area contributed by atoms with E-state index < -0.39 is 11.4 Å². The summed E-state index contributed by atoms with van der Waals surface area (Å²) in [7, 11) is 0. The van der Waals surface area contributed by atoms with Gasteiger partial charge in [0.15, 0.2) is 0 Å². The molecule has 0 N–H and O–H groups in total. The molecule has 0 aromatic heterocycles. The van der Waals surface area contributed by atoms with Crippen molar-refractivity contribution in [1.82, 2.24) is 0 Å². The standard InChI is InChI=1S/C11H13Cl2NOS/c1-11(2,3)16(15)14-7-8-5-4-6-9(12)10(8)13/h4-7H,1-3H3/b14-7+. The van der Waals surface area contributed by atoms with Crippen LogP contribution < -0.4 is 0 Å². The first kappa shape index (κ1) is 13.8. The van der Waals surface area contributed by atoms with Crippen molar-refractivity contribution in [3.05, 3.63) is 33.8 Å². The molecule has 1 rings (SSSR count). The van der Waals surface area contributed by atoms with Crippen molar-refractivity contribution in [3.8, 4) is 0 Å². The second-order valence-corrected chi connectivity index (χ2v) is 6.96. The zero-order chi connectivity index (χ0) is 12.3. The van der Waals surface area contributed by atoms with Crippen LogP contribution in [-0.4, -0.2) is 15.5 Å². The number of halogens is 2. The highest BCUT2D eigenvalue weighted by Crippen LogP contribution is 2.25. The van der Waals surface area contributed by atoms with E-state index in [1.54, 1.807) is 18.2 Å². The van der Waals surface area contributed by atoms with E-state index in [2.05, 4.69) is 4.40 Å². The summed E-state index contributed by atoms with van der Waals surface area (Å²) in [6.45, 7) is 5.58. The van der Waals surface area contributed by atoms with Crippen molar-refractivity contribution in [2.24, 2.45) is 4.40 Å². The normalized spacial score (nSPS) is 14.4. The van der Waals surface area contributed by atoms with Crippen LogP contribution in [0.3, 0.4) is 0 Å². The van der Waals surface area contributed by atoms with Crippen molar-refractivity contribution in [1.29, 1.82) is 0 Å². The number of hydrogen-bond donors (Lipinski definition) is 0. The average molecular weight is 278 g/mol. The fourth-order valence-electron chi connectivity index (χ4n) is 0.883. The van der Waals surface area contributed by atoms with E-state index >= 15 is 0 Å². The minimum absolute atomic E-state index is 0.373. The van der Waals surface area contributed by atoms with Crippen molar-refractivity contribution in [2.75, 3.05) is 0 Å². The number of rotatable bonds is 2. The van der Waals surface area contributed by atoms with Gasteiger partial charge in [-0.25, -0.2) is 0 Å². The molecule has 2 nitrogen and oxygen atoms in total. The van der Waals surface area contributed by atoms with Gasteiger partial charge in [0, 0.05) is 5.56 Å². The number of benzene rings is 1. The SMILES string of the molecule is CC(C)(C)[S+]([O-])/N=C/c1cccc(Cl)c1Cl. The Hall–Kier alpha value is -0.220. The topological polar surface area (TPSA) is 35.4 Å². The summed E-state index contributed by atoms with van der Waals surface area (Å²) in [6.07, 6.45) is 1.50. The predicted molar refractivity (Wildman–Crippen MR) is 72.0 cm³/mol. The zero-order valence-electron chi connectivity index (χ0n) is 9.33. The van der Waals surface area contributed by atoms with Gasteiger partial charge in [0.25, 0.3) is 0 Å². The Morgan fingerprint density at radius 2 is 1.94 bits per heavy atom. The Morgan fingerprint density at radius 3 is 2.50 bits per heavy atom. The minimum atomic E-state index is -1.28. The van der Waals surface area contributed by atoms with E-state index in [0.29, 0.717) is 15.6 Å². The van der Waals surface area contributed by atoms with Gasteiger partial charge in [-0.2, -0.15) is 0 Å². The Bertz CT molecular complexity index is 401. The third kappa shape index (κ3) is 3.67. The van der Waals surface area contributed by atoms with Gasteiger partial charge in [-0.15, -0.1) is 0 Å². The van der Waals surface area contributed by atoms with Gasteiger partial charge in [-0.1, -0.05) is 39.7 Å². The first-order chi connectivity index (χ1) is 7.32. The molecule has 0 saturated carbocycles. The molecule has 1 aromatic carbocycles. The summed E-state index contributed by atoms with van der Waals surface area (Å²) in [6, 6.07) is 5.25. The largest absolute Gasteiger partial charge is 0.591 e. The lowest BCUT2D eigenvalue weighted by Crippen LogP contribution is -2.25. The van der Waals surface area contributed by atoms with E-state index in [9.17, 15) is 4.55 Å². The van der Waals surface area contributed by atoms with E-state index in [0.717, 1.165) is 0 Å². The molecule has 0 saturated heterocycles. The van der Waals surface area contributed by atoms with Gasteiger partial charge in [-0.05, 0) is 26.8 Å². The molecule has 0 amide bonds. The second kappa shape index (κ2) is 5.41. The first-order valence-corrected chi connectivity index (χ1v) is 6.58. The van der Waals surface area contributed by atoms with Crippen LogP contribution in [-0.2, 0) is 11.4 Å². The highest BCUT2D eigenvalue weighted by atomic mass is 35.5. The van der Waals surface area contributed by atoms with Crippen LogP contribution in [0, 0.1) is 0 Å². The highest BCUT2D eigenvalue weighted by molar-refractivity contribution is 7.91. The van der Waals surface area contributed by atoms with Crippen LogP contribution in [0.5, 0.6) is 0 Å².